The Morgan fingerprint density at radius 2 is 2.19 bits per heavy atom. The number of nitrogens with two attached hydrogens (primary N) is 1. The molecule has 0 bridgehead atoms. The van der Waals surface area contributed by atoms with Gasteiger partial charge in [-0.3, -0.25) is 10.1 Å². The van der Waals surface area contributed by atoms with E-state index >= 15 is 0 Å². The first-order valence-electron chi connectivity index (χ1n) is 6.61. The number of carbonyl (C=O) groups is 2. The maximum atomic E-state index is 12.0. The monoisotopic (exact) mass is 310 g/mol. The summed E-state index contributed by atoms with van der Waals surface area (Å²) in [5.41, 5.74) is 7.29. The zero-order valence-electron chi connectivity index (χ0n) is 12.5. The molecule has 7 heteroatoms. The summed E-state index contributed by atoms with van der Waals surface area (Å²) in [5, 5.41) is 5.19. The van der Waals surface area contributed by atoms with Crippen molar-refractivity contribution in [1.29, 1.82) is 0 Å². The molecule has 0 aliphatic carbocycles. The van der Waals surface area contributed by atoms with Gasteiger partial charge < -0.3 is 16.0 Å². The van der Waals surface area contributed by atoms with E-state index in [0.717, 1.165) is 17.1 Å². The minimum absolute atomic E-state index is 0.431. The predicted octanol–water partition coefficient (Wildman–Crippen LogP) is 2.00. The van der Waals surface area contributed by atoms with Crippen LogP contribution in [0.3, 0.4) is 0 Å². The second kappa shape index (κ2) is 8.41. The van der Waals surface area contributed by atoms with Crippen LogP contribution in [0.15, 0.2) is 23.9 Å². The van der Waals surface area contributed by atoms with Crippen molar-refractivity contribution in [2.24, 2.45) is 5.73 Å². The van der Waals surface area contributed by atoms with E-state index in [-0.39, 0.29) is 0 Å². The molecule has 1 heterocycles. The highest BCUT2D eigenvalue weighted by Gasteiger charge is 2.20. The number of thioether (sulfide) groups is 1. The molecule has 116 valence electrons. The highest BCUT2D eigenvalue weighted by Crippen LogP contribution is 2.12. The Labute approximate surface area is 128 Å². The van der Waals surface area contributed by atoms with E-state index in [9.17, 15) is 9.59 Å². The molecule has 0 aromatic carbocycles. The normalized spacial score (nSPS) is 11.6. The van der Waals surface area contributed by atoms with Crippen molar-refractivity contribution >= 4 is 29.5 Å². The van der Waals surface area contributed by atoms with E-state index in [1.807, 2.05) is 33.0 Å². The first kappa shape index (κ1) is 17.2. The van der Waals surface area contributed by atoms with Crippen molar-refractivity contribution in [1.82, 2.24) is 10.3 Å². The number of aromatic nitrogens is 1. The molecule has 0 radical (unpaired) electrons. The lowest BCUT2D eigenvalue weighted by molar-refractivity contribution is -0.120. The van der Waals surface area contributed by atoms with Crippen LogP contribution >= 0.6 is 11.8 Å². The Morgan fingerprint density at radius 3 is 2.71 bits per heavy atom. The van der Waals surface area contributed by atoms with Crippen LogP contribution in [0, 0.1) is 6.92 Å². The summed E-state index contributed by atoms with van der Waals surface area (Å²) in [7, 11) is 0. The molecule has 1 rings (SSSR count). The third-order valence-electron chi connectivity index (χ3n) is 2.61. The average Bonchev–Trinajstić information content (AvgIpc) is 2.77. The van der Waals surface area contributed by atoms with Gasteiger partial charge in [-0.05, 0) is 32.4 Å². The molecule has 3 amide bonds. The highest BCUT2D eigenvalue weighted by molar-refractivity contribution is 7.99. The van der Waals surface area contributed by atoms with E-state index in [1.54, 1.807) is 11.8 Å². The number of aromatic amines is 1. The molecule has 0 saturated heterocycles. The smallest absolute Gasteiger partial charge is 0.318 e. The molecule has 0 fully saturated rings. The topological polar surface area (TPSA) is 100 Å². The van der Waals surface area contributed by atoms with Gasteiger partial charge in [0.25, 0.3) is 5.91 Å². The number of H-pyrrole nitrogens is 1. The van der Waals surface area contributed by atoms with Gasteiger partial charge in [-0.15, -0.1) is 0 Å². The number of urea groups is 1. The Morgan fingerprint density at radius 1 is 1.48 bits per heavy atom. The van der Waals surface area contributed by atoms with Crippen LogP contribution in [0.25, 0.3) is 0 Å². The summed E-state index contributed by atoms with van der Waals surface area (Å²) in [6.07, 6.45) is 3.92. The number of amides is 3. The minimum Gasteiger partial charge on any atom is -0.359 e. The van der Waals surface area contributed by atoms with Crippen LogP contribution in [0.5, 0.6) is 0 Å². The number of hydrogen-bond acceptors (Lipinski definition) is 4. The number of imide groups is 1. The number of allylic oxidation sites excluding steroid dienone is 1. The van der Waals surface area contributed by atoms with Crippen LogP contribution in [0.1, 0.15) is 19.4 Å². The summed E-state index contributed by atoms with van der Waals surface area (Å²) in [6, 6.07) is 0.514. The SMILES string of the molecule is CC(C)=CCSCC(Nc1cc(C)c[nH]1)C(=O)NC(N)=O. The standard InChI is InChI=1S/C14H22N4O2S/c1-9(2)4-5-21-8-11(13(19)18-14(15)20)17-12-6-10(3)7-16-12/h4,6-7,11,16-17H,5,8H2,1-3H3,(H3,15,18,19,20). The minimum atomic E-state index is -0.844. The van der Waals surface area contributed by atoms with E-state index < -0.39 is 18.0 Å². The van der Waals surface area contributed by atoms with Crippen molar-refractivity contribution in [3.8, 4) is 0 Å². The average molecular weight is 310 g/mol. The molecule has 0 aliphatic heterocycles. The number of carbonyl (C=O) groups excluding carboxylic acids is 2. The third kappa shape index (κ3) is 6.89. The van der Waals surface area contributed by atoms with Crippen molar-refractivity contribution in [2.45, 2.75) is 26.8 Å². The van der Waals surface area contributed by atoms with Gasteiger partial charge >= 0.3 is 6.03 Å². The van der Waals surface area contributed by atoms with Crippen LogP contribution in [0.4, 0.5) is 10.6 Å². The fourth-order valence-electron chi connectivity index (χ4n) is 1.58. The summed E-state index contributed by atoms with van der Waals surface area (Å²) < 4.78 is 0. The predicted molar refractivity (Wildman–Crippen MR) is 87.4 cm³/mol. The van der Waals surface area contributed by atoms with Crippen molar-refractivity contribution in [3.05, 3.63) is 29.5 Å². The van der Waals surface area contributed by atoms with Gasteiger partial charge in [0.2, 0.25) is 0 Å². The van der Waals surface area contributed by atoms with E-state index in [2.05, 4.69) is 21.7 Å². The van der Waals surface area contributed by atoms with Gasteiger partial charge in [-0.1, -0.05) is 11.6 Å². The lowest BCUT2D eigenvalue weighted by atomic mass is 10.3. The quantitative estimate of drug-likeness (QED) is 0.457. The molecule has 0 saturated carbocycles. The molecule has 0 aliphatic rings. The molecule has 1 aromatic heterocycles. The number of rotatable bonds is 7. The Hall–Kier alpha value is -1.89. The van der Waals surface area contributed by atoms with Crippen LogP contribution < -0.4 is 16.4 Å². The summed E-state index contributed by atoms with van der Waals surface area (Å²) in [4.78, 5) is 25.8. The number of anilines is 1. The van der Waals surface area contributed by atoms with Crippen molar-refractivity contribution in [2.75, 3.05) is 16.8 Å². The molecule has 1 atom stereocenters. The van der Waals surface area contributed by atoms with Crippen LogP contribution in [0.2, 0.25) is 0 Å². The Bertz CT molecular complexity index is 521. The molecule has 0 spiro atoms. The molecule has 5 N–H and O–H groups in total. The zero-order valence-corrected chi connectivity index (χ0v) is 13.3. The van der Waals surface area contributed by atoms with E-state index in [4.69, 9.17) is 5.73 Å². The fraction of sp³-hybridized carbons (Fsp3) is 0.429. The molecular weight excluding hydrogens is 288 g/mol. The molecule has 6 nitrogen and oxygen atoms in total. The van der Waals surface area contributed by atoms with Gasteiger partial charge in [0.1, 0.15) is 11.9 Å². The van der Waals surface area contributed by atoms with Gasteiger partial charge in [0.05, 0.1) is 0 Å². The number of aryl methyl sites for hydroxylation is 1. The van der Waals surface area contributed by atoms with Gasteiger partial charge in [-0.2, -0.15) is 11.8 Å². The first-order valence-corrected chi connectivity index (χ1v) is 7.77. The Balaban J connectivity index is 2.62. The zero-order chi connectivity index (χ0) is 15.8. The second-order valence-electron chi connectivity index (χ2n) is 4.96. The first-order chi connectivity index (χ1) is 9.88. The number of hydrogen-bond donors (Lipinski definition) is 4. The highest BCUT2D eigenvalue weighted by atomic mass is 32.2. The molecule has 1 aromatic rings. The van der Waals surface area contributed by atoms with Crippen LogP contribution in [-0.2, 0) is 4.79 Å². The van der Waals surface area contributed by atoms with E-state index in [0.29, 0.717) is 5.75 Å². The largest absolute Gasteiger partial charge is 0.359 e. The van der Waals surface area contributed by atoms with Crippen molar-refractivity contribution < 1.29 is 9.59 Å². The lowest BCUT2D eigenvalue weighted by Crippen LogP contribution is -2.46. The fourth-order valence-corrected chi connectivity index (χ4v) is 2.63. The van der Waals surface area contributed by atoms with Gasteiger partial charge in [0.15, 0.2) is 0 Å². The summed E-state index contributed by atoms with van der Waals surface area (Å²) in [5.74, 6) is 1.65. The van der Waals surface area contributed by atoms with Gasteiger partial charge in [0, 0.05) is 17.7 Å². The maximum Gasteiger partial charge on any atom is 0.318 e. The molecule has 21 heavy (non-hydrogen) atoms. The summed E-state index contributed by atoms with van der Waals surface area (Å²) in [6.45, 7) is 6.00. The summed E-state index contributed by atoms with van der Waals surface area (Å²) >= 11 is 1.61. The Kier molecular flexibility index (Phi) is 6.87. The van der Waals surface area contributed by atoms with E-state index in [1.165, 1.54) is 5.57 Å². The second-order valence-corrected chi connectivity index (χ2v) is 6.03. The van der Waals surface area contributed by atoms with Crippen molar-refractivity contribution in [3.63, 3.8) is 0 Å². The molecule has 1 unspecified atom stereocenters. The van der Waals surface area contributed by atoms with Crippen LogP contribution in [-0.4, -0.2) is 34.5 Å². The third-order valence-corrected chi connectivity index (χ3v) is 3.59. The maximum absolute atomic E-state index is 12.0. The molecular formula is C14H22N4O2S. The van der Waals surface area contributed by atoms with Gasteiger partial charge in [-0.25, -0.2) is 4.79 Å². The lowest BCUT2D eigenvalue weighted by Gasteiger charge is -2.17. The number of nitrogens with one attached hydrogen (secondary N) is 3. The number of primary amides is 1.